The summed E-state index contributed by atoms with van der Waals surface area (Å²) < 4.78 is 26.7. The lowest BCUT2D eigenvalue weighted by atomic mass is 9.77. The number of nitrogens with two attached hydrogens (primary N) is 1. The van der Waals surface area contributed by atoms with E-state index in [2.05, 4.69) is 10.6 Å². The highest BCUT2D eigenvalue weighted by Gasteiger charge is 2.41. The smallest absolute Gasteiger partial charge is 0.317 e. The van der Waals surface area contributed by atoms with Crippen molar-refractivity contribution >= 4 is 17.4 Å². The minimum atomic E-state index is -0.730. The lowest BCUT2D eigenvalue weighted by Crippen LogP contribution is -2.54. The molecule has 1 atom stereocenters. The van der Waals surface area contributed by atoms with Gasteiger partial charge >= 0.3 is 6.03 Å². The third-order valence-corrected chi connectivity index (χ3v) is 5.87. The molecule has 0 aromatic heterocycles. The summed E-state index contributed by atoms with van der Waals surface area (Å²) in [5.74, 6) is -0.845. The van der Waals surface area contributed by atoms with Crippen LogP contribution in [0.1, 0.15) is 36.5 Å². The summed E-state index contributed by atoms with van der Waals surface area (Å²) >= 11 is 0. The molecule has 2 aliphatic rings. The van der Waals surface area contributed by atoms with E-state index >= 15 is 0 Å². The molecule has 29 heavy (non-hydrogen) atoms. The number of benzene rings is 2. The Morgan fingerprint density at radius 1 is 1.24 bits per heavy atom. The van der Waals surface area contributed by atoms with Crippen molar-refractivity contribution in [2.24, 2.45) is 0 Å². The van der Waals surface area contributed by atoms with E-state index in [1.165, 1.54) is 24.3 Å². The zero-order chi connectivity index (χ0) is 20.6. The Labute approximate surface area is 167 Å². The average molecular weight is 402 g/mol. The van der Waals surface area contributed by atoms with Gasteiger partial charge in [-0.2, -0.15) is 0 Å². The Morgan fingerprint density at radius 2 is 2.00 bits per heavy atom. The Morgan fingerprint density at radius 3 is 2.72 bits per heavy atom. The quantitative estimate of drug-likeness (QED) is 0.581. The van der Waals surface area contributed by atoms with Crippen LogP contribution in [0.15, 0.2) is 36.4 Å². The highest BCUT2D eigenvalue weighted by Crippen LogP contribution is 2.42. The number of hydrogen-bond acceptors (Lipinski definition) is 4. The molecule has 2 aliphatic heterocycles. The SMILES string of the molecule is Nc1cc(CNC(=O)N2CCC3(CC2)CC(O)c2cc(F)ccc2N3)ccc1F. The fraction of sp³-hybridized carbons (Fsp3) is 0.381. The van der Waals surface area contributed by atoms with Gasteiger partial charge in [-0.05, 0) is 48.7 Å². The molecule has 154 valence electrons. The Balaban J connectivity index is 1.35. The summed E-state index contributed by atoms with van der Waals surface area (Å²) in [5.41, 5.74) is 7.35. The van der Waals surface area contributed by atoms with Crippen LogP contribution in [0.25, 0.3) is 0 Å². The van der Waals surface area contributed by atoms with E-state index in [0.717, 1.165) is 11.3 Å². The number of urea groups is 1. The number of nitrogens with one attached hydrogen (secondary N) is 2. The number of nitrogen functional groups attached to an aromatic ring is 1. The maximum absolute atomic E-state index is 13.5. The van der Waals surface area contributed by atoms with E-state index in [-0.39, 0.29) is 29.6 Å². The molecule has 0 aliphatic carbocycles. The Hall–Kier alpha value is -2.87. The molecule has 4 rings (SSSR count). The van der Waals surface area contributed by atoms with Crippen LogP contribution in [0, 0.1) is 11.6 Å². The third kappa shape index (κ3) is 3.98. The van der Waals surface area contributed by atoms with Crippen LogP contribution in [-0.2, 0) is 6.54 Å². The minimum Gasteiger partial charge on any atom is -0.396 e. The van der Waals surface area contributed by atoms with Gasteiger partial charge in [-0.15, -0.1) is 0 Å². The zero-order valence-corrected chi connectivity index (χ0v) is 15.9. The number of amides is 2. The first-order valence-corrected chi connectivity index (χ1v) is 9.68. The van der Waals surface area contributed by atoms with Gasteiger partial charge < -0.3 is 26.4 Å². The van der Waals surface area contributed by atoms with E-state index in [1.54, 1.807) is 17.0 Å². The highest BCUT2D eigenvalue weighted by atomic mass is 19.1. The molecule has 2 aromatic carbocycles. The third-order valence-electron chi connectivity index (χ3n) is 5.87. The Kier molecular flexibility index (Phi) is 5.04. The second-order valence-electron chi connectivity index (χ2n) is 7.86. The topological polar surface area (TPSA) is 90.6 Å². The minimum absolute atomic E-state index is 0.0544. The van der Waals surface area contributed by atoms with Gasteiger partial charge in [0, 0.05) is 42.8 Å². The molecule has 1 saturated heterocycles. The molecule has 0 saturated carbocycles. The molecule has 0 bridgehead atoms. The summed E-state index contributed by atoms with van der Waals surface area (Å²) in [5, 5.41) is 16.8. The molecule has 1 fully saturated rings. The monoisotopic (exact) mass is 402 g/mol. The van der Waals surface area contributed by atoms with Gasteiger partial charge in [-0.1, -0.05) is 6.07 Å². The molecular weight excluding hydrogens is 378 g/mol. The van der Waals surface area contributed by atoms with Crippen LogP contribution in [0.2, 0.25) is 0 Å². The van der Waals surface area contributed by atoms with Gasteiger partial charge in [-0.25, -0.2) is 13.6 Å². The molecule has 0 radical (unpaired) electrons. The van der Waals surface area contributed by atoms with Gasteiger partial charge in [0.25, 0.3) is 0 Å². The largest absolute Gasteiger partial charge is 0.396 e. The average Bonchev–Trinajstić information content (AvgIpc) is 2.70. The number of hydrogen-bond donors (Lipinski definition) is 4. The number of carbonyl (C=O) groups is 1. The summed E-state index contributed by atoms with van der Waals surface area (Å²) in [6, 6.07) is 8.58. The number of piperidine rings is 1. The number of nitrogens with zero attached hydrogens (tertiary/aromatic N) is 1. The van der Waals surface area contributed by atoms with Gasteiger partial charge in [0.05, 0.1) is 11.8 Å². The number of likely N-dealkylation sites (tertiary alicyclic amines) is 1. The Bertz CT molecular complexity index is 929. The van der Waals surface area contributed by atoms with Crippen LogP contribution in [0.5, 0.6) is 0 Å². The fourth-order valence-corrected chi connectivity index (χ4v) is 4.20. The normalized spacial score (nSPS) is 20.1. The molecule has 6 nitrogen and oxygen atoms in total. The van der Waals surface area contributed by atoms with Crippen molar-refractivity contribution in [1.82, 2.24) is 10.2 Å². The molecule has 8 heteroatoms. The molecular formula is C21H24F2N4O2. The van der Waals surface area contributed by atoms with Crippen LogP contribution in [0.3, 0.4) is 0 Å². The van der Waals surface area contributed by atoms with Crippen LogP contribution in [0.4, 0.5) is 25.0 Å². The van der Waals surface area contributed by atoms with Gasteiger partial charge in [0.2, 0.25) is 0 Å². The first-order chi connectivity index (χ1) is 13.8. The van der Waals surface area contributed by atoms with E-state index in [0.29, 0.717) is 37.9 Å². The second-order valence-corrected chi connectivity index (χ2v) is 7.86. The summed E-state index contributed by atoms with van der Waals surface area (Å²) in [7, 11) is 0. The van der Waals surface area contributed by atoms with E-state index in [1.807, 2.05) is 0 Å². The number of halogens is 2. The first kappa shape index (κ1) is 19.4. The number of anilines is 2. The molecule has 2 amide bonds. The van der Waals surface area contributed by atoms with Crippen LogP contribution >= 0.6 is 0 Å². The molecule has 1 spiro atoms. The number of carbonyl (C=O) groups excluding carboxylic acids is 1. The number of aliphatic hydroxyl groups excluding tert-OH is 1. The number of aliphatic hydroxyl groups is 1. The van der Waals surface area contributed by atoms with Crippen molar-refractivity contribution < 1.29 is 18.7 Å². The summed E-state index contributed by atoms with van der Waals surface area (Å²) in [6.45, 7) is 1.34. The maximum Gasteiger partial charge on any atom is 0.317 e. The van der Waals surface area contributed by atoms with Gasteiger partial charge in [0.1, 0.15) is 11.6 Å². The molecule has 5 N–H and O–H groups in total. The van der Waals surface area contributed by atoms with Crippen LogP contribution < -0.4 is 16.4 Å². The van der Waals surface area contributed by atoms with E-state index in [9.17, 15) is 18.7 Å². The van der Waals surface area contributed by atoms with Crippen molar-refractivity contribution in [2.45, 2.75) is 37.5 Å². The van der Waals surface area contributed by atoms with Crippen LogP contribution in [-0.4, -0.2) is 34.7 Å². The van der Waals surface area contributed by atoms with E-state index in [4.69, 9.17) is 5.73 Å². The van der Waals surface area contributed by atoms with Crippen molar-refractivity contribution in [2.75, 3.05) is 24.1 Å². The van der Waals surface area contributed by atoms with Gasteiger partial charge in [0.15, 0.2) is 0 Å². The van der Waals surface area contributed by atoms with Crippen molar-refractivity contribution in [1.29, 1.82) is 0 Å². The molecule has 2 heterocycles. The maximum atomic E-state index is 13.5. The van der Waals surface area contributed by atoms with Crippen molar-refractivity contribution in [3.63, 3.8) is 0 Å². The van der Waals surface area contributed by atoms with Crippen molar-refractivity contribution in [3.8, 4) is 0 Å². The second kappa shape index (κ2) is 7.51. The fourth-order valence-electron chi connectivity index (χ4n) is 4.20. The number of rotatable bonds is 2. The lowest BCUT2D eigenvalue weighted by Gasteiger charge is -2.47. The number of fused-ring (bicyclic) bond motifs is 1. The van der Waals surface area contributed by atoms with E-state index < -0.39 is 11.9 Å². The molecule has 1 unspecified atom stereocenters. The standard InChI is InChI=1S/C21H24F2N4O2/c22-14-2-4-18-15(10-14)19(28)11-21(26-18)5-7-27(8-6-21)20(29)25-12-13-1-3-16(23)17(24)9-13/h1-4,9-10,19,26,28H,5-8,11-12,24H2,(H,25,29). The lowest BCUT2D eigenvalue weighted by molar-refractivity contribution is 0.0988. The predicted molar refractivity (Wildman–Crippen MR) is 106 cm³/mol. The van der Waals surface area contributed by atoms with Gasteiger partial charge in [-0.3, -0.25) is 0 Å². The molecule has 2 aromatic rings. The predicted octanol–water partition coefficient (Wildman–Crippen LogP) is 3.14. The van der Waals surface area contributed by atoms with Crippen molar-refractivity contribution in [3.05, 3.63) is 59.2 Å². The summed E-state index contributed by atoms with van der Waals surface area (Å²) in [6.07, 6.45) is 1.11. The highest BCUT2D eigenvalue weighted by molar-refractivity contribution is 5.74. The first-order valence-electron chi connectivity index (χ1n) is 9.68. The summed E-state index contributed by atoms with van der Waals surface area (Å²) in [4.78, 5) is 14.2. The zero-order valence-electron chi connectivity index (χ0n) is 15.9.